The van der Waals surface area contributed by atoms with E-state index in [0.29, 0.717) is 0 Å². The maximum Gasteiger partial charge on any atom is 0.469 e. The summed E-state index contributed by atoms with van der Waals surface area (Å²) in [6, 6.07) is 0. The van der Waals surface area contributed by atoms with Gasteiger partial charge in [-0.25, -0.2) is 9.13 Å². The minimum atomic E-state index is -4.80. The average molecular weight is 520 g/mol. The molecular formula is C12H26O18P2. The van der Waals surface area contributed by atoms with E-state index in [-0.39, 0.29) is 12.6 Å². The summed E-state index contributed by atoms with van der Waals surface area (Å²) in [5.74, 6) is 0. The highest BCUT2D eigenvalue weighted by atomic mass is 31.2. The normalized spacial score (nSPS) is 19.9. The summed E-state index contributed by atoms with van der Waals surface area (Å²) in [6.07, 6.45) is -15.6. The van der Waals surface area contributed by atoms with E-state index in [1.807, 2.05) is 0 Å². The van der Waals surface area contributed by atoms with Crippen molar-refractivity contribution in [1.82, 2.24) is 0 Å². The third-order valence-corrected chi connectivity index (χ3v) is 4.26. The fourth-order valence-corrected chi connectivity index (χ4v) is 2.26. The Kier molecular flexibility index (Phi) is 15.9. The maximum atomic E-state index is 10.2. The fourth-order valence-electron chi connectivity index (χ4n) is 1.56. The van der Waals surface area contributed by atoms with Gasteiger partial charge in [0.25, 0.3) is 0 Å². The quantitative estimate of drug-likeness (QED) is 0.0747. The van der Waals surface area contributed by atoms with Crippen LogP contribution in [-0.2, 0) is 27.8 Å². The van der Waals surface area contributed by atoms with Crippen LogP contribution >= 0.6 is 15.6 Å². The Bertz CT molecular complexity index is 579. The molecule has 0 heterocycles. The lowest BCUT2D eigenvalue weighted by Gasteiger charge is -2.23. The number of aliphatic hydroxyl groups is 8. The van der Waals surface area contributed by atoms with Crippen molar-refractivity contribution in [2.75, 3.05) is 13.2 Å². The van der Waals surface area contributed by atoms with Crippen LogP contribution in [0.2, 0.25) is 0 Å². The summed E-state index contributed by atoms with van der Waals surface area (Å²) in [5.41, 5.74) is 0. The highest BCUT2D eigenvalue weighted by Crippen LogP contribution is 2.36. The van der Waals surface area contributed by atoms with Crippen molar-refractivity contribution in [3.63, 3.8) is 0 Å². The second-order valence-electron chi connectivity index (χ2n) is 5.92. The third kappa shape index (κ3) is 15.1. The van der Waals surface area contributed by atoms with Crippen LogP contribution in [-0.4, -0.2) is 135 Å². The Labute approximate surface area is 179 Å². The van der Waals surface area contributed by atoms with Gasteiger partial charge in [0.05, 0.1) is 13.2 Å². The summed E-state index contributed by atoms with van der Waals surface area (Å²) >= 11 is 0. The zero-order valence-corrected chi connectivity index (χ0v) is 17.7. The van der Waals surface area contributed by atoms with Gasteiger partial charge in [-0.05, 0) is 0 Å². The van der Waals surface area contributed by atoms with Crippen LogP contribution in [0.4, 0.5) is 0 Å². The van der Waals surface area contributed by atoms with Crippen LogP contribution < -0.4 is 0 Å². The second kappa shape index (κ2) is 15.2. The van der Waals surface area contributed by atoms with E-state index < -0.39 is 77.7 Å². The molecule has 12 N–H and O–H groups in total. The van der Waals surface area contributed by atoms with Gasteiger partial charge in [0.1, 0.15) is 48.8 Å². The Morgan fingerprint density at radius 3 is 1.00 bits per heavy atom. The van der Waals surface area contributed by atoms with E-state index in [1.54, 1.807) is 0 Å². The highest BCUT2D eigenvalue weighted by Gasteiger charge is 2.32. The molecule has 192 valence electrons. The smallest absolute Gasteiger partial charge is 0.388 e. The van der Waals surface area contributed by atoms with Crippen molar-refractivity contribution < 1.29 is 88.2 Å². The first-order chi connectivity index (χ1) is 14.4. The molecule has 32 heavy (non-hydrogen) atoms. The fraction of sp³-hybridized carbons (Fsp3) is 0.833. The lowest BCUT2D eigenvalue weighted by atomic mass is 10.0. The second-order valence-corrected chi connectivity index (χ2v) is 8.40. The van der Waals surface area contributed by atoms with Gasteiger partial charge in [0.2, 0.25) is 0 Å². The molecule has 0 unspecified atom stereocenters. The molecular weight excluding hydrogens is 494 g/mol. The van der Waals surface area contributed by atoms with Crippen LogP contribution in [0.15, 0.2) is 0 Å². The maximum absolute atomic E-state index is 10.2. The van der Waals surface area contributed by atoms with Gasteiger partial charge in [-0.15, -0.1) is 0 Å². The molecule has 20 heteroatoms. The first-order valence-electron chi connectivity index (χ1n) is 8.13. The molecule has 0 aliphatic rings. The number of carbonyl (C=O) groups excluding carboxylic acids is 2. The molecule has 0 amide bonds. The summed E-state index contributed by atoms with van der Waals surface area (Å²) in [5, 5.41) is 72.1. The Balaban J connectivity index is 0. The average Bonchev–Trinajstić information content (AvgIpc) is 2.71. The molecule has 0 radical (unpaired) electrons. The molecule has 18 nitrogen and oxygen atoms in total. The summed E-state index contributed by atoms with van der Waals surface area (Å²) in [6.45, 7) is -1.93. The molecule has 0 fully saturated rings. The van der Waals surface area contributed by atoms with Crippen molar-refractivity contribution in [2.24, 2.45) is 0 Å². The van der Waals surface area contributed by atoms with Gasteiger partial charge < -0.3 is 70.0 Å². The third-order valence-electron chi connectivity index (χ3n) is 3.29. The number of hydrogen-bond donors (Lipinski definition) is 12. The van der Waals surface area contributed by atoms with E-state index in [2.05, 4.69) is 9.05 Å². The molecule has 0 saturated heterocycles. The monoisotopic (exact) mass is 520 g/mol. The van der Waals surface area contributed by atoms with Gasteiger partial charge in [-0.2, -0.15) is 0 Å². The number of phosphoric ester groups is 2. The minimum absolute atomic E-state index is 0.0650. The van der Waals surface area contributed by atoms with Crippen molar-refractivity contribution >= 4 is 28.2 Å². The van der Waals surface area contributed by atoms with Gasteiger partial charge in [0, 0.05) is 0 Å². The molecule has 0 spiro atoms. The zero-order valence-electron chi connectivity index (χ0n) is 15.9. The Morgan fingerprint density at radius 1 is 0.562 bits per heavy atom. The van der Waals surface area contributed by atoms with Crippen LogP contribution in [0, 0.1) is 0 Å². The van der Waals surface area contributed by atoms with E-state index in [1.165, 1.54) is 0 Å². The van der Waals surface area contributed by atoms with E-state index in [4.69, 9.17) is 60.4 Å². The summed E-state index contributed by atoms with van der Waals surface area (Å²) in [4.78, 5) is 53.1. The van der Waals surface area contributed by atoms with Gasteiger partial charge in [-0.3, -0.25) is 9.05 Å². The first kappa shape index (κ1) is 33.4. The van der Waals surface area contributed by atoms with E-state index >= 15 is 0 Å². The zero-order chi connectivity index (χ0) is 25.9. The number of rotatable bonds is 14. The molecule has 0 aromatic heterocycles. The molecule has 0 aliphatic carbocycles. The molecule has 0 aliphatic heterocycles. The van der Waals surface area contributed by atoms with Gasteiger partial charge in [0.15, 0.2) is 12.6 Å². The van der Waals surface area contributed by atoms with Crippen molar-refractivity contribution in [3.8, 4) is 0 Å². The standard InChI is InChI=1S/2C6H13O9P/c2*7-1-3(8)5(10)6(11)4(9)2-15-16(12,13)14/h2*1,3-6,8-11H,2H2,(H2,12,13,14)/t3-,4+,5+,6+;3-,4-,5-,6-/m01/s1. The van der Waals surface area contributed by atoms with Crippen molar-refractivity contribution in [1.29, 1.82) is 0 Å². The highest BCUT2D eigenvalue weighted by molar-refractivity contribution is 7.46. The van der Waals surface area contributed by atoms with Crippen LogP contribution in [0.1, 0.15) is 0 Å². The van der Waals surface area contributed by atoms with Gasteiger partial charge >= 0.3 is 15.6 Å². The van der Waals surface area contributed by atoms with Gasteiger partial charge in [-0.1, -0.05) is 0 Å². The molecule has 0 aromatic carbocycles. The molecule has 0 bridgehead atoms. The number of aliphatic hydroxyl groups excluding tert-OH is 8. The first-order valence-corrected chi connectivity index (χ1v) is 11.2. The molecule has 0 saturated carbocycles. The van der Waals surface area contributed by atoms with Crippen molar-refractivity contribution in [3.05, 3.63) is 0 Å². The minimum Gasteiger partial charge on any atom is -0.388 e. The largest absolute Gasteiger partial charge is 0.469 e. The van der Waals surface area contributed by atoms with E-state index in [0.717, 1.165) is 0 Å². The van der Waals surface area contributed by atoms with Crippen LogP contribution in [0.5, 0.6) is 0 Å². The number of hydrogen-bond acceptors (Lipinski definition) is 14. The van der Waals surface area contributed by atoms with E-state index in [9.17, 15) is 18.7 Å². The summed E-state index contributed by atoms with van der Waals surface area (Å²) < 4.78 is 28.2. The SMILES string of the molecule is O=C[C@@H](O)[C@@H](O)[C@H](O)[C@H](O)COP(=O)(O)O.O=C[C@H](O)[C@@H](O)[C@H](O)[C@H](O)COP(=O)(O)O. The molecule has 8 atom stereocenters. The topological polar surface area (TPSA) is 330 Å². The predicted octanol–water partition coefficient (Wildman–Crippen LogP) is -6.52. The lowest BCUT2D eigenvalue weighted by molar-refractivity contribution is -0.136. The molecule has 0 rings (SSSR count). The van der Waals surface area contributed by atoms with Crippen LogP contribution in [0.3, 0.4) is 0 Å². The van der Waals surface area contributed by atoms with Crippen molar-refractivity contribution in [2.45, 2.75) is 48.8 Å². The number of carbonyl (C=O) groups is 2. The summed E-state index contributed by atoms with van der Waals surface area (Å²) in [7, 11) is -9.61. The van der Waals surface area contributed by atoms with Crippen LogP contribution in [0.25, 0.3) is 0 Å². The number of aldehydes is 2. The predicted molar refractivity (Wildman–Crippen MR) is 96.2 cm³/mol. The Morgan fingerprint density at radius 2 is 0.812 bits per heavy atom. The number of phosphoric acid groups is 2. The molecule has 0 aromatic rings. The Hall–Kier alpha value is -0.760. The lowest BCUT2D eigenvalue weighted by Crippen LogP contribution is -2.46.